The van der Waals surface area contributed by atoms with Crippen molar-refractivity contribution in [2.75, 3.05) is 0 Å². The van der Waals surface area contributed by atoms with E-state index in [4.69, 9.17) is 0 Å². The number of hydrogen-bond acceptors (Lipinski definition) is 2. The Balaban J connectivity index is 2.21. The molecule has 0 atom stereocenters. The number of nitrogens with one attached hydrogen (secondary N) is 1. The van der Waals surface area contributed by atoms with Crippen LogP contribution in [0.25, 0.3) is 22.3 Å². The maximum Gasteiger partial charge on any atom is 0.325 e. The number of para-hydroxylation sites is 1. The number of rotatable bonds is 1. The first-order valence-corrected chi connectivity index (χ1v) is 5.36. The van der Waals surface area contributed by atoms with Crippen molar-refractivity contribution in [1.29, 1.82) is 0 Å². The second kappa shape index (κ2) is 3.59. The molecule has 0 aliphatic rings. The lowest BCUT2D eigenvalue weighted by Gasteiger charge is -1.99. The smallest absolute Gasteiger partial charge is 0.304 e. The van der Waals surface area contributed by atoms with E-state index in [2.05, 4.69) is 9.97 Å². The van der Waals surface area contributed by atoms with Crippen LogP contribution in [0.15, 0.2) is 47.4 Å². The van der Waals surface area contributed by atoms with Gasteiger partial charge in [0.05, 0.1) is 16.9 Å². The molecule has 1 N–H and O–H groups in total. The average Bonchev–Trinajstić information content (AvgIpc) is 2.69. The van der Waals surface area contributed by atoms with Crippen LogP contribution in [-0.2, 0) is 7.05 Å². The van der Waals surface area contributed by atoms with E-state index >= 15 is 0 Å². The van der Waals surface area contributed by atoms with Crippen molar-refractivity contribution in [3.8, 4) is 11.4 Å². The van der Waals surface area contributed by atoms with E-state index in [-0.39, 0.29) is 5.69 Å². The fourth-order valence-corrected chi connectivity index (χ4v) is 1.83. The molecule has 2 aromatic heterocycles. The van der Waals surface area contributed by atoms with E-state index in [1.807, 2.05) is 36.4 Å². The lowest BCUT2D eigenvalue weighted by Crippen LogP contribution is -2.11. The van der Waals surface area contributed by atoms with Gasteiger partial charge in [-0.15, -0.1) is 0 Å². The highest BCUT2D eigenvalue weighted by Crippen LogP contribution is 2.18. The second-order valence-electron chi connectivity index (χ2n) is 3.97. The van der Waals surface area contributed by atoms with Crippen molar-refractivity contribution in [3.05, 3.63) is 53.1 Å². The minimum absolute atomic E-state index is 0.130. The topological polar surface area (TPSA) is 50.7 Å². The van der Waals surface area contributed by atoms with Crippen LogP contribution in [0.4, 0.5) is 0 Å². The fraction of sp³-hybridized carbons (Fsp3) is 0.0769. The lowest BCUT2D eigenvalue weighted by atomic mass is 10.2. The summed E-state index contributed by atoms with van der Waals surface area (Å²) in [6.07, 6.45) is 1.75. The van der Waals surface area contributed by atoms with E-state index in [0.717, 1.165) is 22.3 Å². The zero-order chi connectivity index (χ0) is 11.8. The molecule has 1 aromatic carbocycles. The molecule has 0 aliphatic carbocycles. The molecule has 0 saturated heterocycles. The number of benzene rings is 1. The van der Waals surface area contributed by atoms with Gasteiger partial charge in [0.1, 0.15) is 0 Å². The third-order valence-corrected chi connectivity index (χ3v) is 2.76. The summed E-state index contributed by atoms with van der Waals surface area (Å²) in [5, 5.41) is 1.09. The Morgan fingerprint density at radius 1 is 1.18 bits per heavy atom. The molecule has 84 valence electrons. The highest BCUT2D eigenvalue weighted by atomic mass is 16.1. The van der Waals surface area contributed by atoms with Gasteiger partial charge in [0, 0.05) is 18.6 Å². The molecule has 2 heterocycles. The van der Waals surface area contributed by atoms with Crippen molar-refractivity contribution in [2.45, 2.75) is 0 Å². The zero-order valence-electron chi connectivity index (χ0n) is 9.34. The molecule has 17 heavy (non-hydrogen) atoms. The summed E-state index contributed by atoms with van der Waals surface area (Å²) in [5.74, 6) is 0. The summed E-state index contributed by atoms with van der Waals surface area (Å²) in [5.41, 5.74) is 2.31. The van der Waals surface area contributed by atoms with Crippen LogP contribution in [0.5, 0.6) is 0 Å². The summed E-state index contributed by atoms with van der Waals surface area (Å²) in [7, 11) is 1.71. The van der Waals surface area contributed by atoms with E-state index in [1.54, 1.807) is 13.2 Å². The molecule has 0 aliphatic heterocycles. The molecular weight excluding hydrogens is 214 g/mol. The van der Waals surface area contributed by atoms with Crippen LogP contribution in [0.2, 0.25) is 0 Å². The van der Waals surface area contributed by atoms with Crippen molar-refractivity contribution >= 4 is 10.9 Å². The van der Waals surface area contributed by atoms with Crippen molar-refractivity contribution in [2.24, 2.45) is 7.05 Å². The monoisotopic (exact) mass is 225 g/mol. The van der Waals surface area contributed by atoms with Gasteiger partial charge in [-0.3, -0.25) is 0 Å². The van der Waals surface area contributed by atoms with Gasteiger partial charge in [-0.25, -0.2) is 9.78 Å². The molecule has 3 rings (SSSR count). The van der Waals surface area contributed by atoms with E-state index in [1.165, 1.54) is 4.57 Å². The Morgan fingerprint density at radius 3 is 2.76 bits per heavy atom. The minimum atomic E-state index is -0.130. The van der Waals surface area contributed by atoms with Gasteiger partial charge in [-0.1, -0.05) is 24.3 Å². The Labute approximate surface area is 97.6 Å². The predicted molar refractivity (Wildman–Crippen MR) is 66.8 cm³/mol. The molecule has 0 amide bonds. The van der Waals surface area contributed by atoms with Crippen LogP contribution in [0, 0.1) is 0 Å². The summed E-state index contributed by atoms with van der Waals surface area (Å²) in [6.45, 7) is 0. The molecule has 4 nitrogen and oxygen atoms in total. The van der Waals surface area contributed by atoms with Gasteiger partial charge in [0.25, 0.3) is 0 Å². The summed E-state index contributed by atoms with van der Waals surface area (Å²) < 4.78 is 1.51. The van der Waals surface area contributed by atoms with E-state index in [9.17, 15) is 4.79 Å². The molecule has 3 aromatic rings. The average molecular weight is 225 g/mol. The number of H-pyrrole nitrogens is 1. The number of aryl methyl sites for hydroxylation is 1. The SMILES string of the molecule is Cn1cc(-c2ccc3ccccc3n2)[nH]c1=O. The maximum absolute atomic E-state index is 11.4. The number of imidazole rings is 1. The first-order valence-electron chi connectivity index (χ1n) is 5.36. The van der Waals surface area contributed by atoms with Gasteiger partial charge in [0.15, 0.2) is 0 Å². The van der Waals surface area contributed by atoms with E-state index in [0.29, 0.717) is 0 Å². The van der Waals surface area contributed by atoms with Gasteiger partial charge in [0.2, 0.25) is 0 Å². The zero-order valence-corrected chi connectivity index (χ0v) is 9.34. The van der Waals surface area contributed by atoms with Crippen molar-refractivity contribution < 1.29 is 0 Å². The summed E-state index contributed by atoms with van der Waals surface area (Å²) >= 11 is 0. The van der Waals surface area contributed by atoms with Crippen LogP contribution in [0.3, 0.4) is 0 Å². The molecule has 4 heteroatoms. The Hall–Kier alpha value is -2.36. The Morgan fingerprint density at radius 2 is 2.00 bits per heavy atom. The van der Waals surface area contributed by atoms with Crippen LogP contribution in [-0.4, -0.2) is 14.5 Å². The summed E-state index contributed by atoms with van der Waals surface area (Å²) in [6, 6.07) is 11.8. The predicted octanol–water partition coefficient (Wildman–Crippen LogP) is 1.93. The second-order valence-corrected chi connectivity index (χ2v) is 3.97. The molecule has 0 spiro atoms. The van der Waals surface area contributed by atoms with Gasteiger partial charge >= 0.3 is 5.69 Å². The number of nitrogens with zero attached hydrogens (tertiary/aromatic N) is 2. The first kappa shape index (κ1) is 9.84. The molecule has 0 radical (unpaired) electrons. The molecular formula is C13H11N3O. The maximum atomic E-state index is 11.4. The quantitative estimate of drug-likeness (QED) is 0.688. The minimum Gasteiger partial charge on any atom is -0.304 e. The summed E-state index contributed by atoms with van der Waals surface area (Å²) in [4.78, 5) is 18.6. The van der Waals surface area contributed by atoms with Gasteiger partial charge in [-0.05, 0) is 12.1 Å². The third kappa shape index (κ3) is 1.63. The Bertz CT molecular complexity index is 740. The third-order valence-electron chi connectivity index (χ3n) is 2.76. The standard InChI is InChI=1S/C13H11N3O/c1-16-8-12(15-13(16)17)11-7-6-9-4-2-3-5-10(9)14-11/h2-8H,1H3,(H,15,17). The van der Waals surface area contributed by atoms with Crippen molar-refractivity contribution in [1.82, 2.24) is 14.5 Å². The largest absolute Gasteiger partial charge is 0.325 e. The number of aromatic amines is 1. The van der Waals surface area contributed by atoms with Crippen LogP contribution >= 0.6 is 0 Å². The van der Waals surface area contributed by atoms with Crippen LogP contribution in [0.1, 0.15) is 0 Å². The van der Waals surface area contributed by atoms with Crippen LogP contribution < -0.4 is 5.69 Å². The highest BCUT2D eigenvalue weighted by Gasteiger charge is 2.04. The number of hydrogen-bond donors (Lipinski definition) is 1. The lowest BCUT2D eigenvalue weighted by molar-refractivity contribution is 0.862. The highest BCUT2D eigenvalue weighted by molar-refractivity contribution is 5.80. The molecule has 0 saturated carbocycles. The van der Waals surface area contributed by atoms with Gasteiger partial charge < -0.3 is 9.55 Å². The molecule has 0 fully saturated rings. The number of aromatic nitrogens is 3. The normalized spacial score (nSPS) is 10.9. The van der Waals surface area contributed by atoms with Crippen molar-refractivity contribution in [3.63, 3.8) is 0 Å². The van der Waals surface area contributed by atoms with Gasteiger partial charge in [-0.2, -0.15) is 0 Å². The Kier molecular flexibility index (Phi) is 2.08. The van der Waals surface area contributed by atoms with E-state index < -0.39 is 0 Å². The molecule has 0 unspecified atom stereocenters. The first-order chi connectivity index (χ1) is 8.24. The number of pyridine rings is 1. The fourth-order valence-electron chi connectivity index (χ4n) is 1.83. The molecule has 0 bridgehead atoms. The number of fused-ring (bicyclic) bond motifs is 1.